The molecule has 1 atom stereocenters. The molecular formula is C22H34N4OS. The van der Waals surface area contributed by atoms with E-state index in [4.69, 9.17) is 14.7 Å². The van der Waals surface area contributed by atoms with E-state index in [9.17, 15) is 0 Å². The quantitative estimate of drug-likeness (QED) is 0.520. The van der Waals surface area contributed by atoms with E-state index in [1.165, 1.54) is 11.1 Å². The predicted octanol–water partition coefficient (Wildman–Crippen LogP) is 4.53. The number of hydrogen-bond donors (Lipinski definition) is 1. The zero-order valence-electron chi connectivity index (χ0n) is 18.2. The standard InChI is InChI=1S/C22H34N4OS/c1-8-23-21(24-15-22(4,5)18-11-9-10-16(2)12-18)26(6)13-19-14-28-20(25-19)17(3)27-7/h9-12,14,17H,8,13,15H2,1-7H3,(H,23,24). The number of guanidine groups is 1. The van der Waals surface area contributed by atoms with Gasteiger partial charge in [-0.2, -0.15) is 0 Å². The average molecular weight is 403 g/mol. The fourth-order valence-electron chi connectivity index (χ4n) is 2.90. The molecule has 6 heteroatoms. The zero-order valence-corrected chi connectivity index (χ0v) is 19.1. The number of ether oxygens (including phenoxy) is 1. The van der Waals surface area contributed by atoms with Crippen LogP contribution in [0.15, 0.2) is 34.6 Å². The normalized spacial score (nSPS) is 13.5. The number of nitrogens with one attached hydrogen (secondary N) is 1. The minimum Gasteiger partial charge on any atom is -0.375 e. The molecule has 5 nitrogen and oxygen atoms in total. The van der Waals surface area contributed by atoms with Crippen LogP contribution in [-0.4, -0.2) is 43.1 Å². The summed E-state index contributed by atoms with van der Waals surface area (Å²) in [7, 11) is 3.77. The van der Waals surface area contributed by atoms with Gasteiger partial charge in [0.15, 0.2) is 5.96 Å². The second-order valence-electron chi connectivity index (χ2n) is 7.83. The van der Waals surface area contributed by atoms with E-state index in [0.717, 1.165) is 23.2 Å². The lowest BCUT2D eigenvalue weighted by Crippen LogP contribution is -2.39. The van der Waals surface area contributed by atoms with Gasteiger partial charge in [-0.25, -0.2) is 4.98 Å². The number of aliphatic imine (C=N–C) groups is 1. The molecule has 1 aromatic carbocycles. The number of hydrogen-bond acceptors (Lipinski definition) is 4. The average Bonchev–Trinajstić information content (AvgIpc) is 3.12. The van der Waals surface area contributed by atoms with Crippen LogP contribution in [0, 0.1) is 6.92 Å². The molecule has 0 aliphatic heterocycles. The number of thiazole rings is 1. The van der Waals surface area contributed by atoms with Crippen LogP contribution in [0.3, 0.4) is 0 Å². The summed E-state index contributed by atoms with van der Waals surface area (Å²) in [5, 5.41) is 6.51. The third-order valence-electron chi connectivity index (χ3n) is 4.79. The Kier molecular flexibility index (Phi) is 8.01. The van der Waals surface area contributed by atoms with Crippen molar-refractivity contribution < 1.29 is 4.74 Å². The fraction of sp³-hybridized carbons (Fsp3) is 0.545. The summed E-state index contributed by atoms with van der Waals surface area (Å²) in [5.74, 6) is 0.901. The molecule has 0 spiro atoms. The molecular weight excluding hydrogens is 368 g/mol. The Bertz CT molecular complexity index is 784. The molecule has 0 aliphatic carbocycles. The molecule has 0 bridgehead atoms. The summed E-state index contributed by atoms with van der Waals surface area (Å²) < 4.78 is 5.37. The number of methoxy groups -OCH3 is 1. The number of rotatable bonds is 8. The highest BCUT2D eigenvalue weighted by atomic mass is 32.1. The number of aromatic nitrogens is 1. The van der Waals surface area contributed by atoms with Crippen molar-refractivity contribution in [2.45, 2.75) is 52.7 Å². The monoisotopic (exact) mass is 402 g/mol. The highest BCUT2D eigenvalue weighted by molar-refractivity contribution is 7.09. The van der Waals surface area contributed by atoms with Crippen LogP contribution in [0.2, 0.25) is 0 Å². The fourth-order valence-corrected chi connectivity index (χ4v) is 3.74. The molecule has 0 aliphatic rings. The first-order chi connectivity index (χ1) is 13.3. The third kappa shape index (κ3) is 6.04. The lowest BCUT2D eigenvalue weighted by atomic mass is 9.84. The van der Waals surface area contributed by atoms with E-state index in [2.05, 4.69) is 74.6 Å². The van der Waals surface area contributed by atoms with Gasteiger partial charge in [0.2, 0.25) is 0 Å². The maximum atomic E-state index is 5.37. The van der Waals surface area contributed by atoms with Crippen molar-refractivity contribution in [2.24, 2.45) is 4.99 Å². The van der Waals surface area contributed by atoms with Crippen LogP contribution < -0.4 is 5.32 Å². The minimum absolute atomic E-state index is 0.0288. The van der Waals surface area contributed by atoms with Crippen LogP contribution in [0.5, 0.6) is 0 Å². The van der Waals surface area contributed by atoms with Crippen molar-refractivity contribution >= 4 is 17.3 Å². The summed E-state index contributed by atoms with van der Waals surface area (Å²) in [4.78, 5) is 11.8. The molecule has 1 N–H and O–H groups in total. The highest BCUT2D eigenvalue weighted by Crippen LogP contribution is 2.25. The number of aryl methyl sites for hydroxylation is 1. The van der Waals surface area contributed by atoms with Gasteiger partial charge in [0.1, 0.15) is 11.1 Å². The Morgan fingerprint density at radius 2 is 2.14 bits per heavy atom. The van der Waals surface area contributed by atoms with Gasteiger partial charge in [0.25, 0.3) is 0 Å². The molecule has 28 heavy (non-hydrogen) atoms. The zero-order chi connectivity index (χ0) is 20.7. The molecule has 0 fully saturated rings. The van der Waals surface area contributed by atoms with Crippen LogP contribution in [-0.2, 0) is 16.7 Å². The van der Waals surface area contributed by atoms with E-state index in [1.807, 2.05) is 6.92 Å². The second-order valence-corrected chi connectivity index (χ2v) is 8.72. The predicted molar refractivity (Wildman–Crippen MR) is 119 cm³/mol. The SMILES string of the molecule is CCNC(=NCC(C)(C)c1cccc(C)c1)N(C)Cc1csc(C(C)OC)n1. The Labute approximate surface area is 173 Å². The third-order valence-corrected chi connectivity index (χ3v) is 5.84. The Hall–Kier alpha value is -1.92. The van der Waals surface area contributed by atoms with Gasteiger partial charge >= 0.3 is 0 Å². The van der Waals surface area contributed by atoms with Crippen LogP contribution in [0.25, 0.3) is 0 Å². The van der Waals surface area contributed by atoms with Gasteiger partial charge in [-0.1, -0.05) is 43.7 Å². The maximum absolute atomic E-state index is 5.37. The highest BCUT2D eigenvalue weighted by Gasteiger charge is 2.21. The Morgan fingerprint density at radius 1 is 1.39 bits per heavy atom. The molecule has 2 rings (SSSR count). The summed E-state index contributed by atoms with van der Waals surface area (Å²) in [6, 6.07) is 8.69. The van der Waals surface area contributed by atoms with Crippen molar-refractivity contribution in [3.63, 3.8) is 0 Å². The number of nitrogens with zero attached hydrogens (tertiary/aromatic N) is 3. The first-order valence-electron chi connectivity index (χ1n) is 9.80. The molecule has 0 saturated heterocycles. The van der Waals surface area contributed by atoms with E-state index >= 15 is 0 Å². The van der Waals surface area contributed by atoms with E-state index in [1.54, 1.807) is 18.4 Å². The molecule has 0 radical (unpaired) electrons. The summed E-state index contributed by atoms with van der Waals surface area (Å²) in [6.45, 7) is 13.0. The minimum atomic E-state index is -0.0325. The second kappa shape index (κ2) is 10.0. The van der Waals surface area contributed by atoms with Gasteiger partial charge in [0, 0.05) is 31.5 Å². The largest absolute Gasteiger partial charge is 0.375 e. The summed E-state index contributed by atoms with van der Waals surface area (Å²) >= 11 is 1.64. The number of benzene rings is 1. The lowest BCUT2D eigenvalue weighted by Gasteiger charge is -2.26. The van der Waals surface area contributed by atoms with Crippen LogP contribution in [0.1, 0.15) is 55.6 Å². The van der Waals surface area contributed by atoms with Crippen LogP contribution in [0.4, 0.5) is 0 Å². The first-order valence-corrected chi connectivity index (χ1v) is 10.7. The molecule has 1 aromatic heterocycles. The van der Waals surface area contributed by atoms with Gasteiger partial charge in [-0.05, 0) is 26.3 Å². The Morgan fingerprint density at radius 3 is 2.79 bits per heavy atom. The van der Waals surface area contributed by atoms with Crippen molar-refractivity contribution in [3.05, 3.63) is 51.5 Å². The van der Waals surface area contributed by atoms with Gasteiger partial charge in [0.05, 0.1) is 18.8 Å². The van der Waals surface area contributed by atoms with Gasteiger partial charge in [-0.15, -0.1) is 11.3 Å². The summed E-state index contributed by atoms with van der Waals surface area (Å²) in [5.41, 5.74) is 3.60. The maximum Gasteiger partial charge on any atom is 0.194 e. The molecule has 154 valence electrons. The molecule has 2 aromatic rings. The molecule has 1 heterocycles. The van der Waals surface area contributed by atoms with Crippen LogP contribution >= 0.6 is 11.3 Å². The van der Waals surface area contributed by atoms with Gasteiger partial charge < -0.3 is 15.0 Å². The Balaban J connectivity index is 2.11. The topological polar surface area (TPSA) is 49.8 Å². The molecule has 1 unspecified atom stereocenters. The smallest absolute Gasteiger partial charge is 0.194 e. The van der Waals surface area contributed by atoms with E-state index < -0.39 is 0 Å². The van der Waals surface area contributed by atoms with Gasteiger partial charge in [-0.3, -0.25) is 4.99 Å². The van der Waals surface area contributed by atoms with Crippen molar-refractivity contribution in [2.75, 3.05) is 27.2 Å². The summed E-state index contributed by atoms with van der Waals surface area (Å²) in [6.07, 6.45) is 0.0288. The molecule has 0 amide bonds. The lowest BCUT2D eigenvalue weighted by molar-refractivity contribution is 0.119. The van der Waals surface area contributed by atoms with Crippen molar-refractivity contribution in [1.29, 1.82) is 0 Å². The van der Waals surface area contributed by atoms with Crippen molar-refractivity contribution in [1.82, 2.24) is 15.2 Å². The molecule has 0 saturated carbocycles. The van der Waals surface area contributed by atoms with E-state index in [0.29, 0.717) is 13.1 Å². The van der Waals surface area contributed by atoms with E-state index in [-0.39, 0.29) is 11.5 Å². The van der Waals surface area contributed by atoms with Crippen molar-refractivity contribution in [3.8, 4) is 0 Å². The first kappa shape index (κ1) is 22.4.